The van der Waals surface area contributed by atoms with E-state index in [0.29, 0.717) is 10.8 Å². The first-order valence-electron chi connectivity index (χ1n) is 4.11. The lowest BCUT2D eigenvalue weighted by atomic mass is 9.53. The number of alkyl halides is 2. The summed E-state index contributed by atoms with van der Waals surface area (Å²) in [7, 11) is 0. The van der Waals surface area contributed by atoms with E-state index in [2.05, 4.69) is 37.2 Å². The third-order valence-corrected chi connectivity index (χ3v) is 5.79. The van der Waals surface area contributed by atoms with Gasteiger partial charge in [-0.25, -0.2) is 0 Å². The van der Waals surface area contributed by atoms with Crippen LogP contribution in [0.2, 0.25) is 0 Å². The fourth-order valence-corrected chi connectivity index (χ4v) is 4.58. The molecule has 2 aliphatic rings. The minimum Gasteiger partial charge on any atom is -0.316 e. The predicted molar refractivity (Wildman–Crippen MR) is 54.6 cm³/mol. The summed E-state index contributed by atoms with van der Waals surface area (Å²) in [5, 5.41) is 5.84. The Morgan fingerprint density at radius 1 is 1.00 bits per heavy atom. The molecule has 2 unspecified atom stereocenters. The fourth-order valence-electron chi connectivity index (χ4n) is 2.44. The summed E-state index contributed by atoms with van der Waals surface area (Å²) in [6, 6.07) is 0. The Labute approximate surface area is 84.6 Å². The Kier molecular flexibility index (Phi) is 2.10. The molecule has 3 heteroatoms. The lowest BCUT2D eigenvalue weighted by molar-refractivity contribution is 0.0164. The van der Waals surface area contributed by atoms with Crippen LogP contribution in [0, 0.1) is 10.8 Å². The Morgan fingerprint density at radius 3 is 1.73 bits per heavy atom. The molecule has 0 aromatic carbocycles. The molecule has 1 saturated carbocycles. The number of halogens is 2. The number of hydrogen-bond acceptors (Lipinski definition) is 1. The van der Waals surface area contributed by atoms with E-state index in [1.54, 1.807) is 0 Å². The molecule has 2 rings (SSSR count). The molecule has 2 fully saturated rings. The second kappa shape index (κ2) is 2.71. The lowest BCUT2D eigenvalue weighted by Crippen LogP contribution is -2.52. The van der Waals surface area contributed by atoms with Gasteiger partial charge in [0.1, 0.15) is 0 Å². The van der Waals surface area contributed by atoms with Crippen molar-refractivity contribution in [1.29, 1.82) is 0 Å². The van der Waals surface area contributed by atoms with E-state index in [-0.39, 0.29) is 0 Å². The molecule has 1 nitrogen and oxygen atoms in total. The predicted octanol–water partition coefficient (Wildman–Crippen LogP) is 2.15. The van der Waals surface area contributed by atoms with Crippen molar-refractivity contribution in [2.45, 2.75) is 12.8 Å². The highest BCUT2D eigenvalue weighted by Gasteiger charge is 2.60. The smallest absolute Gasteiger partial charge is 0.0106 e. The zero-order valence-corrected chi connectivity index (χ0v) is 9.67. The van der Waals surface area contributed by atoms with Crippen LogP contribution in [0.4, 0.5) is 0 Å². The molecular formula is C8H13Br2N. The Bertz CT molecular complexity index is 147. The minimum absolute atomic E-state index is 0.580. The van der Waals surface area contributed by atoms with E-state index in [1.807, 2.05) is 0 Å². The molecule has 1 saturated heterocycles. The Hall–Kier alpha value is 0.920. The first-order chi connectivity index (χ1) is 5.29. The maximum atomic E-state index is 3.64. The van der Waals surface area contributed by atoms with Crippen molar-refractivity contribution < 1.29 is 0 Å². The summed E-state index contributed by atoms with van der Waals surface area (Å²) < 4.78 is 0. The second-order valence-corrected chi connectivity index (χ2v) is 5.05. The number of hydrogen-bond donors (Lipinski definition) is 1. The van der Waals surface area contributed by atoms with Crippen molar-refractivity contribution in [3.63, 3.8) is 0 Å². The number of rotatable bonds is 2. The summed E-state index contributed by atoms with van der Waals surface area (Å²) in [4.78, 5) is 0. The molecule has 0 aromatic rings. The van der Waals surface area contributed by atoms with Crippen LogP contribution >= 0.6 is 31.9 Å². The van der Waals surface area contributed by atoms with Crippen LogP contribution in [0.1, 0.15) is 12.8 Å². The molecule has 1 heterocycles. The van der Waals surface area contributed by atoms with E-state index in [0.717, 1.165) is 0 Å². The molecule has 1 N–H and O–H groups in total. The highest BCUT2D eigenvalue weighted by atomic mass is 79.9. The van der Waals surface area contributed by atoms with Gasteiger partial charge in [0, 0.05) is 34.6 Å². The van der Waals surface area contributed by atoms with Gasteiger partial charge >= 0.3 is 0 Å². The Balaban J connectivity index is 2.21. The molecule has 2 atom stereocenters. The van der Waals surface area contributed by atoms with Crippen LogP contribution in [0.3, 0.4) is 0 Å². The van der Waals surface area contributed by atoms with E-state index in [1.165, 1.54) is 36.6 Å². The first-order valence-corrected chi connectivity index (χ1v) is 6.36. The van der Waals surface area contributed by atoms with Gasteiger partial charge < -0.3 is 5.32 Å². The highest BCUT2D eigenvalue weighted by molar-refractivity contribution is 9.09. The summed E-state index contributed by atoms with van der Waals surface area (Å²) in [6.07, 6.45) is 2.80. The normalized spacial score (nSPS) is 48.5. The second-order valence-electron chi connectivity index (χ2n) is 3.93. The molecule has 11 heavy (non-hydrogen) atoms. The molecule has 0 bridgehead atoms. The zero-order chi connectivity index (χ0) is 7.95. The van der Waals surface area contributed by atoms with Crippen molar-refractivity contribution >= 4 is 31.9 Å². The quantitative estimate of drug-likeness (QED) is 0.766. The largest absolute Gasteiger partial charge is 0.316 e. The van der Waals surface area contributed by atoms with Crippen molar-refractivity contribution in [2.75, 3.05) is 23.7 Å². The van der Waals surface area contributed by atoms with Gasteiger partial charge in [0.2, 0.25) is 0 Å². The van der Waals surface area contributed by atoms with Gasteiger partial charge in [0.25, 0.3) is 0 Å². The summed E-state index contributed by atoms with van der Waals surface area (Å²) in [5.41, 5.74) is 1.16. The van der Waals surface area contributed by atoms with Crippen LogP contribution in [0.15, 0.2) is 0 Å². The zero-order valence-electron chi connectivity index (χ0n) is 6.50. The molecule has 0 radical (unpaired) electrons. The number of fused-ring (bicyclic) bond motifs is 1. The van der Waals surface area contributed by atoms with Gasteiger partial charge in [0.15, 0.2) is 0 Å². The highest BCUT2D eigenvalue weighted by Crippen LogP contribution is 2.60. The SMILES string of the molecule is BrCC12CCC1(CBr)CNC2. The van der Waals surface area contributed by atoms with Gasteiger partial charge in [-0.2, -0.15) is 0 Å². The molecule has 0 aromatic heterocycles. The third-order valence-electron chi connectivity index (χ3n) is 3.65. The third kappa shape index (κ3) is 0.909. The lowest BCUT2D eigenvalue weighted by Gasteiger charge is -2.53. The van der Waals surface area contributed by atoms with Crippen LogP contribution in [-0.4, -0.2) is 23.7 Å². The molecular weight excluding hydrogens is 270 g/mol. The maximum Gasteiger partial charge on any atom is 0.0106 e. The summed E-state index contributed by atoms with van der Waals surface area (Å²) in [5.74, 6) is 0. The molecule has 1 aliphatic heterocycles. The van der Waals surface area contributed by atoms with Gasteiger partial charge in [-0.05, 0) is 12.8 Å². The summed E-state index contributed by atoms with van der Waals surface area (Å²) in [6.45, 7) is 2.42. The van der Waals surface area contributed by atoms with E-state index in [9.17, 15) is 0 Å². The van der Waals surface area contributed by atoms with Crippen LogP contribution in [0.25, 0.3) is 0 Å². The topological polar surface area (TPSA) is 12.0 Å². The van der Waals surface area contributed by atoms with Crippen molar-refractivity contribution in [1.82, 2.24) is 5.32 Å². The van der Waals surface area contributed by atoms with Crippen LogP contribution in [0.5, 0.6) is 0 Å². The van der Waals surface area contributed by atoms with E-state index < -0.39 is 0 Å². The van der Waals surface area contributed by atoms with Gasteiger partial charge in [-0.3, -0.25) is 0 Å². The fraction of sp³-hybridized carbons (Fsp3) is 1.00. The summed E-state index contributed by atoms with van der Waals surface area (Å²) >= 11 is 7.28. The standard InChI is InChI=1S/C8H13Br2N/c9-3-7-1-2-8(7,4-10)6-11-5-7/h11H,1-6H2. The van der Waals surface area contributed by atoms with Crippen molar-refractivity contribution in [3.8, 4) is 0 Å². The van der Waals surface area contributed by atoms with Crippen molar-refractivity contribution in [2.24, 2.45) is 10.8 Å². The molecule has 1 aliphatic carbocycles. The number of nitrogens with one attached hydrogen (secondary N) is 1. The minimum atomic E-state index is 0.580. The van der Waals surface area contributed by atoms with Crippen molar-refractivity contribution in [3.05, 3.63) is 0 Å². The van der Waals surface area contributed by atoms with E-state index >= 15 is 0 Å². The van der Waals surface area contributed by atoms with Crippen LogP contribution in [-0.2, 0) is 0 Å². The van der Waals surface area contributed by atoms with Crippen LogP contribution < -0.4 is 5.32 Å². The average Bonchev–Trinajstić information content (AvgIpc) is 2.26. The Morgan fingerprint density at radius 2 is 1.45 bits per heavy atom. The molecule has 0 amide bonds. The maximum absolute atomic E-state index is 3.64. The monoisotopic (exact) mass is 281 g/mol. The molecule has 0 spiro atoms. The average molecular weight is 283 g/mol. The van der Waals surface area contributed by atoms with Gasteiger partial charge in [0.05, 0.1) is 0 Å². The first kappa shape index (κ1) is 8.52. The van der Waals surface area contributed by atoms with E-state index in [4.69, 9.17) is 0 Å². The van der Waals surface area contributed by atoms with Gasteiger partial charge in [-0.15, -0.1) is 0 Å². The van der Waals surface area contributed by atoms with Gasteiger partial charge in [-0.1, -0.05) is 31.9 Å². The molecule has 64 valence electrons.